The SMILES string of the molecule is O=C1Nc2ccccc2[C@]12N[C@H](c1ccccc1)[C@@H]([N+](=O)[O-])[C@H]2c1ccc2c(c1)OCO2. The van der Waals surface area contributed by atoms with Crippen molar-refractivity contribution in [3.63, 3.8) is 0 Å². The van der Waals surface area contributed by atoms with Crippen LogP contribution in [-0.4, -0.2) is 23.7 Å². The molecule has 1 amide bonds. The Morgan fingerprint density at radius 2 is 1.69 bits per heavy atom. The number of ether oxygens (including phenoxy) is 2. The monoisotopic (exact) mass is 429 g/mol. The van der Waals surface area contributed by atoms with E-state index in [2.05, 4.69) is 10.6 Å². The molecule has 1 spiro atoms. The average molecular weight is 429 g/mol. The van der Waals surface area contributed by atoms with Crippen molar-refractivity contribution in [2.24, 2.45) is 0 Å². The molecule has 4 atom stereocenters. The van der Waals surface area contributed by atoms with Gasteiger partial charge in [0, 0.05) is 16.2 Å². The average Bonchev–Trinajstić information content (AvgIpc) is 3.49. The van der Waals surface area contributed by atoms with Crippen molar-refractivity contribution in [2.75, 3.05) is 12.1 Å². The van der Waals surface area contributed by atoms with Crippen LogP contribution in [0.1, 0.15) is 28.7 Å². The van der Waals surface area contributed by atoms with Crippen LogP contribution in [-0.2, 0) is 10.3 Å². The van der Waals surface area contributed by atoms with Crippen LogP contribution < -0.4 is 20.1 Å². The largest absolute Gasteiger partial charge is 0.454 e. The molecule has 8 nitrogen and oxygen atoms in total. The number of para-hydroxylation sites is 1. The molecule has 3 heterocycles. The van der Waals surface area contributed by atoms with E-state index in [4.69, 9.17) is 9.47 Å². The quantitative estimate of drug-likeness (QED) is 0.489. The number of amides is 1. The zero-order valence-corrected chi connectivity index (χ0v) is 16.9. The Kier molecular flexibility index (Phi) is 4.00. The highest BCUT2D eigenvalue weighted by molar-refractivity contribution is 6.07. The molecule has 3 aliphatic heterocycles. The Bertz CT molecular complexity index is 1250. The van der Waals surface area contributed by atoms with Gasteiger partial charge in [0.05, 0.1) is 5.92 Å². The van der Waals surface area contributed by atoms with E-state index in [1.165, 1.54) is 0 Å². The fraction of sp³-hybridized carbons (Fsp3) is 0.208. The summed E-state index contributed by atoms with van der Waals surface area (Å²) in [6.07, 6.45) is 0. The fourth-order valence-corrected chi connectivity index (χ4v) is 5.34. The normalized spacial score (nSPS) is 27.4. The maximum Gasteiger partial charge on any atom is 0.250 e. The number of benzene rings is 3. The molecule has 3 aliphatic rings. The van der Waals surface area contributed by atoms with Gasteiger partial charge in [-0.3, -0.25) is 20.2 Å². The number of carbonyl (C=O) groups excluding carboxylic acids is 1. The highest BCUT2D eigenvalue weighted by Crippen LogP contribution is 2.56. The third kappa shape index (κ3) is 2.50. The summed E-state index contributed by atoms with van der Waals surface area (Å²) in [5.41, 5.74) is 1.47. The van der Waals surface area contributed by atoms with Crippen LogP contribution in [0.4, 0.5) is 5.69 Å². The van der Waals surface area contributed by atoms with Gasteiger partial charge in [0.1, 0.15) is 11.6 Å². The van der Waals surface area contributed by atoms with Crippen LogP contribution in [0.15, 0.2) is 72.8 Å². The van der Waals surface area contributed by atoms with Crippen LogP contribution in [0, 0.1) is 10.1 Å². The molecule has 1 saturated heterocycles. The standard InChI is InChI=1S/C24H19N3O5/c28-23-24(16-8-4-5-9-17(16)25-23)20(15-10-11-18-19(12-15)32-13-31-18)22(27(29)30)21(26-24)14-6-2-1-3-7-14/h1-12,20-22,26H,13H2,(H,25,28)/t20-,21-,22+,24-/m1/s1. The van der Waals surface area contributed by atoms with E-state index < -0.39 is 23.5 Å². The van der Waals surface area contributed by atoms with E-state index in [0.717, 1.165) is 5.56 Å². The van der Waals surface area contributed by atoms with Crippen molar-refractivity contribution < 1.29 is 19.2 Å². The summed E-state index contributed by atoms with van der Waals surface area (Å²) in [6, 6.07) is 20.1. The second kappa shape index (κ2) is 6.80. The van der Waals surface area contributed by atoms with E-state index in [-0.39, 0.29) is 17.6 Å². The zero-order chi connectivity index (χ0) is 21.9. The highest BCUT2D eigenvalue weighted by Gasteiger charge is 2.67. The summed E-state index contributed by atoms with van der Waals surface area (Å²) in [4.78, 5) is 25.8. The molecule has 3 aromatic rings. The summed E-state index contributed by atoms with van der Waals surface area (Å²) in [7, 11) is 0. The molecule has 0 saturated carbocycles. The van der Waals surface area contributed by atoms with Gasteiger partial charge in [-0.05, 0) is 29.3 Å². The number of rotatable bonds is 3. The predicted molar refractivity (Wildman–Crippen MR) is 115 cm³/mol. The molecule has 8 heteroatoms. The summed E-state index contributed by atoms with van der Waals surface area (Å²) in [5, 5.41) is 18.9. The van der Waals surface area contributed by atoms with Crippen molar-refractivity contribution in [1.29, 1.82) is 0 Å². The van der Waals surface area contributed by atoms with Crippen LogP contribution in [0.2, 0.25) is 0 Å². The minimum Gasteiger partial charge on any atom is -0.454 e. The number of carbonyl (C=O) groups is 1. The number of nitrogens with one attached hydrogen (secondary N) is 2. The molecular weight excluding hydrogens is 410 g/mol. The molecule has 0 bridgehead atoms. The number of fused-ring (bicyclic) bond motifs is 3. The van der Waals surface area contributed by atoms with Gasteiger partial charge < -0.3 is 14.8 Å². The smallest absolute Gasteiger partial charge is 0.250 e. The number of nitrogens with zero attached hydrogens (tertiary/aromatic N) is 1. The zero-order valence-electron chi connectivity index (χ0n) is 16.9. The predicted octanol–water partition coefficient (Wildman–Crippen LogP) is 3.34. The summed E-state index contributed by atoms with van der Waals surface area (Å²) >= 11 is 0. The number of nitro groups is 1. The van der Waals surface area contributed by atoms with Crippen molar-refractivity contribution in [3.8, 4) is 11.5 Å². The first-order valence-corrected chi connectivity index (χ1v) is 10.4. The van der Waals surface area contributed by atoms with E-state index in [1.54, 1.807) is 18.2 Å². The lowest BCUT2D eigenvalue weighted by Crippen LogP contribution is -2.48. The second-order valence-electron chi connectivity index (χ2n) is 8.21. The van der Waals surface area contributed by atoms with Crippen molar-refractivity contribution >= 4 is 11.6 Å². The van der Waals surface area contributed by atoms with Gasteiger partial charge in [0.2, 0.25) is 18.7 Å². The summed E-state index contributed by atoms with van der Waals surface area (Å²) < 4.78 is 11.0. The Balaban J connectivity index is 1.60. The molecule has 0 aromatic heterocycles. The molecular formula is C24H19N3O5. The van der Waals surface area contributed by atoms with E-state index in [0.29, 0.717) is 28.3 Å². The summed E-state index contributed by atoms with van der Waals surface area (Å²) in [6.45, 7) is 0.0987. The minimum absolute atomic E-state index is 0.0987. The van der Waals surface area contributed by atoms with E-state index in [1.807, 2.05) is 54.6 Å². The van der Waals surface area contributed by atoms with E-state index in [9.17, 15) is 14.9 Å². The third-order valence-electron chi connectivity index (χ3n) is 6.65. The van der Waals surface area contributed by atoms with Gasteiger partial charge in [0.15, 0.2) is 11.5 Å². The van der Waals surface area contributed by atoms with Gasteiger partial charge in [-0.2, -0.15) is 0 Å². The molecule has 0 unspecified atom stereocenters. The first kappa shape index (κ1) is 18.8. The Labute approximate surface area is 183 Å². The van der Waals surface area contributed by atoms with Crippen molar-refractivity contribution in [3.05, 3.63) is 99.6 Å². The summed E-state index contributed by atoms with van der Waals surface area (Å²) in [5.74, 6) is 0.0318. The first-order valence-electron chi connectivity index (χ1n) is 10.4. The molecule has 0 radical (unpaired) electrons. The lowest BCUT2D eigenvalue weighted by Gasteiger charge is -2.29. The van der Waals surface area contributed by atoms with Crippen molar-refractivity contribution in [2.45, 2.75) is 23.5 Å². The lowest BCUT2D eigenvalue weighted by molar-refractivity contribution is -0.527. The molecule has 6 rings (SSSR count). The van der Waals surface area contributed by atoms with Crippen LogP contribution in [0.3, 0.4) is 0 Å². The number of hydrogen-bond acceptors (Lipinski definition) is 6. The number of hydrogen-bond donors (Lipinski definition) is 2. The van der Waals surface area contributed by atoms with E-state index >= 15 is 0 Å². The first-order chi connectivity index (χ1) is 15.6. The second-order valence-corrected chi connectivity index (χ2v) is 8.21. The lowest BCUT2D eigenvalue weighted by atomic mass is 9.74. The minimum atomic E-state index is -1.30. The third-order valence-corrected chi connectivity index (χ3v) is 6.65. The van der Waals surface area contributed by atoms with Gasteiger partial charge >= 0.3 is 0 Å². The van der Waals surface area contributed by atoms with Gasteiger partial charge in [-0.1, -0.05) is 54.6 Å². The number of anilines is 1. The molecule has 3 aromatic carbocycles. The van der Waals surface area contributed by atoms with Crippen LogP contribution >= 0.6 is 0 Å². The maximum atomic E-state index is 13.6. The topological polar surface area (TPSA) is 103 Å². The van der Waals surface area contributed by atoms with Gasteiger partial charge in [-0.25, -0.2) is 0 Å². The Hall–Kier alpha value is -3.91. The van der Waals surface area contributed by atoms with Gasteiger partial charge in [0.25, 0.3) is 0 Å². The van der Waals surface area contributed by atoms with Crippen molar-refractivity contribution in [1.82, 2.24) is 5.32 Å². The molecule has 0 aliphatic carbocycles. The molecule has 2 N–H and O–H groups in total. The Morgan fingerprint density at radius 1 is 0.938 bits per heavy atom. The molecule has 160 valence electrons. The van der Waals surface area contributed by atoms with Crippen LogP contribution in [0.25, 0.3) is 0 Å². The van der Waals surface area contributed by atoms with Gasteiger partial charge in [-0.15, -0.1) is 0 Å². The van der Waals surface area contributed by atoms with Crippen LogP contribution in [0.5, 0.6) is 11.5 Å². The highest BCUT2D eigenvalue weighted by atomic mass is 16.7. The molecule has 1 fully saturated rings. The maximum absolute atomic E-state index is 13.6. The fourth-order valence-electron chi connectivity index (χ4n) is 5.34. The molecule has 32 heavy (non-hydrogen) atoms. The Morgan fingerprint density at radius 3 is 2.50 bits per heavy atom.